The number of carbonyl (C=O) groups excluding carboxylic acids is 2. The van der Waals surface area contributed by atoms with Crippen LogP contribution in [0.5, 0.6) is 0 Å². The minimum Gasteiger partial charge on any atom is -0.396 e. The number of fused-ring (bicyclic) bond motifs is 1. The molecule has 8 heteroatoms. The molecule has 152 valence electrons. The number of ketones is 2. The van der Waals surface area contributed by atoms with Gasteiger partial charge in [-0.05, 0) is 38.1 Å². The molecule has 3 fully saturated rings. The van der Waals surface area contributed by atoms with Crippen molar-refractivity contribution in [3.63, 3.8) is 0 Å². The Balaban J connectivity index is 1.57. The highest BCUT2D eigenvalue weighted by Crippen LogP contribution is 2.44. The van der Waals surface area contributed by atoms with E-state index in [0.29, 0.717) is 19.0 Å². The van der Waals surface area contributed by atoms with Gasteiger partial charge in [-0.2, -0.15) is 0 Å². The zero-order chi connectivity index (χ0) is 19.6. The number of hydrogen-bond donors (Lipinski definition) is 2. The first-order chi connectivity index (χ1) is 13.5. The van der Waals surface area contributed by atoms with Gasteiger partial charge in [0.05, 0.1) is 29.5 Å². The van der Waals surface area contributed by atoms with Crippen molar-refractivity contribution in [1.82, 2.24) is 15.1 Å². The van der Waals surface area contributed by atoms with Crippen LogP contribution in [0.2, 0.25) is 0 Å². The number of piperidine rings is 1. The average molecular weight is 393 g/mol. The number of halogens is 2. The highest BCUT2D eigenvalue weighted by atomic mass is 19.1. The normalized spacial score (nSPS) is 36.2. The van der Waals surface area contributed by atoms with E-state index >= 15 is 8.78 Å². The number of aliphatic hydroxyl groups is 1. The van der Waals surface area contributed by atoms with Crippen molar-refractivity contribution in [2.75, 3.05) is 32.8 Å². The van der Waals surface area contributed by atoms with Gasteiger partial charge in [0.15, 0.2) is 11.6 Å². The van der Waals surface area contributed by atoms with Gasteiger partial charge in [0, 0.05) is 31.7 Å². The number of nitrogens with one attached hydrogen (secondary N) is 1. The summed E-state index contributed by atoms with van der Waals surface area (Å²) in [5.41, 5.74) is -0.629. The Morgan fingerprint density at radius 1 is 1.11 bits per heavy atom. The number of aliphatic hydroxyl groups excluding tert-OH is 1. The maximum atomic E-state index is 15.7. The van der Waals surface area contributed by atoms with Crippen LogP contribution in [-0.4, -0.2) is 77.5 Å². The van der Waals surface area contributed by atoms with Crippen LogP contribution in [0.3, 0.4) is 0 Å². The predicted octanol–water partition coefficient (Wildman–Crippen LogP) is 0.682. The second kappa shape index (κ2) is 6.62. The molecule has 4 atom stereocenters. The topological polar surface area (TPSA) is 72.9 Å². The molecule has 2 saturated heterocycles. The van der Waals surface area contributed by atoms with Crippen LogP contribution in [0.4, 0.5) is 8.78 Å². The van der Waals surface area contributed by atoms with Crippen molar-refractivity contribution in [2.45, 2.75) is 43.9 Å². The molecule has 3 heterocycles. The fourth-order valence-electron chi connectivity index (χ4n) is 5.23. The zero-order valence-corrected chi connectivity index (χ0v) is 15.7. The summed E-state index contributed by atoms with van der Waals surface area (Å²) in [5, 5.41) is 12.9. The third-order valence-corrected chi connectivity index (χ3v) is 6.86. The summed E-state index contributed by atoms with van der Waals surface area (Å²) in [6.45, 7) is 1.64. The van der Waals surface area contributed by atoms with E-state index in [1.54, 1.807) is 9.80 Å². The number of likely N-dealkylation sites (tertiary alicyclic amines) is 1. The standard InChI is InChI=1S/C20H25F2N3O3/c21-15-17-14(19(27)11(9-26)7-25(17)12-3-4-12)20(28)16(22)18(15)24-6-10-2-1-5-23-13(10)8-24/h10-13,16,23,26H,1-9H2/t10-,11?,13+,16?/m0/s1. The Kier molecular flexibility index (Phi) is 4.32. The molecule has 0 spiro atoms. The molecule has 2 N–H and O–H groups in total. The summed E-state index contributed by atoms with van der Waals surface area (Å²) in [6.07, 6.45) is 1.57. The average Bonchev–Trinajstić information content (AvgIpc) is 3.45. The molecule has 0 aromatic heterocycles. The number of allylic oxidation sites excluding steroid dienone is 3. The maximum absolute atomic E-state index is 15.7. The van der Waals surface area contributed by atoms with Crippen molar-refractivity contribution in [3.8, 4) is 0 Å². The highest BCUT2D eigenvalue weighted by Gasteiger charge is 2.51. The van der Waals surface area contributed by atoms with Crippen molar-refractivity contribution in [2.24, 2.45) is 11.8 Å². The van der Waals surface area contributed by atoms with Gasteiger partial charge in [0.2, 0.25) is 12.0 Å². The number of alkyl halides is 1. The molecule has 2 aliphatic carbocycles. The van der Waals surface area contributed by atoms with Crippen molar-refractivity contribution < 1.29 is 23.5 Å². The lowest BCUT2D eigenvalue weighted by atomic mass is 9.83. The quantitative estimate of drug-likeness (QED) is 0.688. The van der Waals surface area contributed by atoms with Gasteiger partial charge in [0.1, 0.15) is 0 Å². The fraction of sp³-hybridized carbons (Fsp3) is 0.700. The second-order valence-electron chi connectivity index (χ2n) is 8.64. The van der Waals surface area contributed by atoms with E-state index in [1.165, 1.54) is 0 Å². The van der Waals surface area contributed by atoms with Crippen molar-refractivity contribution >= 4 is 11.6 Å². The first-order valence-corrected chi connectivity index (χ1v) is 10.2. The Morgan fingerprint density at radius 2 is 1.89 bits per heavy atom. The van der Waals surface area contributed by atoms with Crippen LogP contribution in [-0.2, 0) is 9.59 Å². The molecule has 3 aliphatic heterocycles. The smallest absolute Gasteiger partial charge is 0.208 e. The lowest BCUT2D eigenvalue weighted by Crippen LogP contribution is -2.49. The van der Waals surface area contributed by atoms with Crippen molar-refractivity contribution in [1.29, 1.82) is 0 Å². The predicted molar refractivity (Wildman–Crippen MR) is 96.5 cm³/mol. The lowest BCUT2D eigenvalue weighted by molar-refractivity contribution is -0.128. The van der Waals surface area contributed by atoms with Gasteiger partial charge >= 0.3 is 0 Å². The summed E-state index contributed by atoms with van der Waals surface area (Å²) in [5.74, 6) is -2.84. The fourth-order valence-corrected chi connectivity index (χ4v) is 5.23. The SMILES string of the molecule is O=C1C2=C(C(F)=C(N3C[C@@H]4CCCN[C@@H]4C3)C(F)C2=O)N(C2CC2)CC1CO. The Bertz CT molecular complexity index is 778. The van der Waals surface area contributed by atoms with Gasteiger partial charge in [-0.3, -0.25) is 9.59 Å². The molecular weight excluding hydrogens is 368 g/mol. The van der Waals surface area contributed by atoms with Gasteiger partial charge in [0.25, 0.3) is 0 Å². The van der Waals surface area contributed by atoms with E-state index in [0.717, 1.165) is 32.2 Å². The lowest BCUT2D eigenvalue weighted by Gasteiger charge is -2.40. The van der Waals surface area contributed by atoms with E-state index in [-0.39, 0.29) is 35.6 Å². The zero-order valence-electron chi connectivity index (χ0n) is 15.7. The molecule has 1 saturated carbocycles. The third kappa shape index (κ3) is 2.64. The maximum Gasteiger partial charge on any atom is 0.208 e. The molecule has 0 radical (unpaired) electrons. The summed E-state index contributed by atoms with van der Waals surface area (Å²) in [4.78, 5) is 28.9. The number of Topliss-reactive ketones (excluding diaryl/α,β-unsaturated/α-hetero) is 2. The van der Waals surface area contributed by atoms with Crippen LogP contribution >= 0.6 is 0 Å². The van der Waals surface area contributed by atoms with E-state index < -0.39 is 36.1 Å². The highest BCUT2D eigenvalue weighted by molar-refractivity contribution is 6.25. The molecule has 0 aromatic rings. The van der Waals surface area contributed by atoms with Crippen LogP contribution in [0, 0.1) is 11.8 Å². The van der Waals surface area contributed by atoms with Crippen LogP contribution < -0.4 is 5.32 Å². The van der Waals surface area contributed by atoms with E-state index in [1.807, 2.05) is 0 Å². The second-order valence-corrected chi connectivity index (χ2v) is 8.64. The summed E-state index contributed by atoms with van der Waals surface area (Å²) >= 11 is 0. The van der Waals surface area contributed by atoms with Crippen LogP contribution in [0.1, 0.15) is 25.7 Å². The molecule has 0 amide bonds. The summed E-state index contributed by atoms with van der Waals surface area (Å²) < 4.78 is 30.9. The van der Waals surface area contributed by atoms with Gasteiger partial charge in [-0.1, -0.05) is 0 Å². The van der Waals surface area contributed by atoms with E-state index in [4.69, 9.17) is 0 Å². The Hall–Kier alpha value is -1.80. The number of rotatable bonds is 3. The first kappa shape index (κ1) is 18.2. The van der Waals surface area contributed by atoms with Gasteiger partial charge < -0.3 is 20.2 Å². The Labute approximate surface area is 162 Å². The minimum absolute atomic E-state index is 0.0334. The molecular formula is C20H25F2N3O3. The molecule has 5 rings (SSSR count). The summed E-state index contributed by atoms with van der Waals surface area (Å²) in [7, 11) is 0. The Morgan fingerprint density at radius 3 is 2.57 bits per heavy atom. The first-order valence-electron chi connectivity index (χ1n) is 10.2. The summed E-state index contributed by atoms with van der Waals surface area (Å²) in [6, 6.07) is 0.226. The molecule has 6 nitrogen and oxygen atoms in total. The van der Waals surface area contributed by atoms with Crippen LogP contribution in [0.25, 0.3) is 0 Å². The number of nitrogens with zero attached hydrogens (tertiary/aromatic N) is 2. The molecule has 28 heavy (non-hydrogen) atoms. The molecule has 2 unspecified atom stereocenters. The number of carbonyl (C=O) groups is 2. The van der Waals surface area contributed by atoms with E-state index in [9.17, 15) is 14.7 Å². The minimum atomic E-state index is -2.17. The third-order valence-electron chi connectivity index (χ3n) is 6.86. The van der Waals surface area contributed by atoms with Crippen molar-refractivity contribution in [3.05, 3.63) is 22.8 Å². The number of hydrogen-bond acceptors (Lipinski definition) is 6. The molecule has 5 aliphatic rings. The molecule has 0 aromatic carbocycles. The van der Waals surface area contributed by atoms with E-state index in [2.05, 4.69) is 5.32 Å². The van der Waals surface area contributed by atoms with Crippen LogP contribution in [0.15, 0.2) is 22.8 Å². The largest absolute Gasteiger partial charge is 0.396 e. The monoisotopic (exact) mass is 393 g/mol. The van der Waals surface area contributed by atoms with Gasteiger partial charge in [-0.25, -0.2) is 8.78 Å². The molecule has 0 bridgehead atoms. The van der Waals surface area contributed by atoms with Gasteiger partial charge in [-0.15, -0.1) is 0 Å².